The predicted molar refractivity (Wildman–Crippen MR) is 215 cm³/mol. The second-order valence-corrected chi connectivity index (χ2v) is 15.6. The van der Waals surface area contributed by atoms with Crippen LogP contribution in [0, 0.1) is 0 Å². The van der Waals surface area contributed by atoms with E-state index in [9.17, 15) is 9.59 Å². The molecule has 9 rings (SSSR count). The van der Waals surface area contributed by atoms with Crippen LogP contribution in [0.25, 0.3) is 11.1 Å². The Balaban J connectivity index is 0.916. The van der Waals surface area contributed by atoms with Crippen molar-refractivity contribution >= 4 is 46.2 Å². The van der Waals surface area contributed by atoms with E-state index in [0.717, 1.165) is 72.8 Å². The Morgan fingerprint density at radius 3 is 1.35 bits per heavy atom. The largest absolute Gasteiger partial charge is 0.338 e. The van der Waals surface area contributed by atoms with Crippen molar-refractivity contribution in [1.29, 1.82) is 0 Å². The SMILES string of the molecule is O=C(c1cccc(C(=O)N2CCC(=C3c4ccc(Cl)cc4CCc4cccnc43)CC2)c1)N1CCC(=C2c3ccc(Cl)cc3CCc3cccnc32)CC1. The van der Waals surface area contributed by atoms with Gasteiger partial charge in [-0.05, 0) is 139 Å². The first-order valence-electron chi connectivity index (χ1n) is 19.0. The number of pyridine rings is 2. The minimum absolute atomic E-state index is 0.0377. The van der Waals surface area contributed by atoms with Gasteiger partial charge in [-0.2, -0.15) is 0 Å². The zero-order chi connectivity index (χ0) is 36.8. The maximum Gasteiger partial charge on any atom is 0.253 e. The van der Waals surface area contributed by atoms with E-state index in [1.165, 1.54) is 55.7 Å². The molecular weight excluding hydrogens is 711 g/mol. The van der Waals surface area contributed by atoms with E-state index >= 15 is 0 Å². The quantitative estimate of drug-likeness (QED) is 0.180. The molecule has 4 aliphatic rings. The number of rotatable bonds is 2. The molecule has 2 saturated heterocycles. The average molecular weight is 752 g/mol. The Morgan fingerprint density at radius 2 is 0.907 bits per heavy atom. The number of piperidine rings is 2. The van der Waals surface area contributed by atoms with Crippen molar-refractivity contribution in [3.8, 4) is 0 Å². The van der Waals surface area contributed by atoms with Crippen LogP contribution >= 0.6 is 23.2 Å². The molecule has 2 aromatic heterocycles. The Labute approximate surface area is 326 Å². The second-order valence-electron chi connectivity index (χ2n) is 14.7. The highest BCUT2D eigenvalue weighted by Gasteiger charge is 2.30. The number of fused-ring (bicyclic) bond motifs is 4. The van der Waals surface area contributed by atoms with Gasteiger partial charge >= 0.3 is 0 Å². The van der Waals surface area contributed by atoms with Gasteiger partial charge in [0.1, 0.15) is 0 Å². The van der Waals surface area contributed by atoms with Gasteiger partial charge in [0, 0.05) is 70.9 Å². The summed E-state index contributed by atoms with van der Waals surface area (Å²) < 4.78 is 0. The van der Waals surface area contributed by atoms with Gasteiger partial charge in [0.15, 0.2) is 0 Å². The van der Waals surface area contributed by atoms with Crippen LogP contribution in [0.2, 0.25) is 10.0 Å². The van der Waals surface area contributed by atoms with Crippen molar-refractivity contribution in [2.24, 2.45) is 0 Å². The Morgan fingerprint density at radius 1 is 0.481 bits per heavy atom. The van der Waals surface area contributed by atoms with Crippen molar-refractivity contribution in [2.75, 3.05) is 26.2 Å². The molecule has 0 atom stereocenters. The Bertz CT molecular complexity index is 2220. The summed E-state index contributed by atoms with van der Waals surface area (Å²) in [5, 5.41) is 1.49. The summed E-state index contributed by atoms with van der Waals surface area (Å²) in [4.78, 5) is 41.4. The number of halogens is 2. The molecule has 4 heterocycles. The molecule has 54 heavy (non-hydrogen) atoms. The molecular formula is C46H40Cl2N4O2. The minimum Gasteiger partial charge on any atom is -0.338 e. The smallest absolute Gasteiger partial charge is 0.253 e. The standard InChI is InChI=1S/C46H40Cl2N4O2/c47-37-12-14-39-33(27-37)10-8-31-6-2-20-49-43(31)41(39)29-16-22-51(23-17-29)45(53)35-4-1-5-36(26-35)46(54)52-24-18-30(19-25-52)42-40-15-13-38(48)28-34(40)11-9-32-7-3-21-50-44(32)42/h1-7,12-15,20-21,26-28H,8-11,16-19,22-25H2. The summed E-state index contributed by atoms with van der Waals surface area (Å²) in [5.74, 6) is -0.0755. The lowest BCUT2D eigenvalue weighted by Crippen LogP contribution is -2.38. The molecule has 0 bridgehead atoms. The Kier molecular flexibility index (Phi) is 9.42. The molecule has 0 spiro atoms. The molecule has 5 aromatic rings. The maximum absolute atomic E-state index is 13.9. The van der Waals surface area contributed by atoms with Crippen LogP contribution in [0.15, 0.2) is 108 Å². The predicted octanol–water partition coefficient (Wildman–Crippen LogP) is 9.46. The maximum atomic E-state index is 13.9. The summed E-state index contributed by atoms with van der Waals surface area (Å²) in [6.45, 7) is 2.44. The highest BCUT2D eigenvalue weighted by atomic mass is 35.5. The fourth-order valence-electron chi connectivity index (χ4n) is 8.88. The molecule has 0 saturated carbocycles. The fourth-order valence-corrected chi connectivity index (χ4v) is 9.27. The second kappa shape index (κ2) is 14.7. The first kappa shape index (κ1) is 34.7. The molecule has 2 aliphatic heterocycles. The minimum atomic E-state index is -0.0377. The summed E-state index contributed by atoms with van der Waals surface area (Å²) in [6, 6.07) is 28.0. The van der Waals surface area contributed by atoms with Crippen LogP contribution in [0.3, 0.4) is 0 Å². The number of amides is 2. The molecule has 270 valence electrons. The Hall–Kier alpha value is -5.04. The zero-order valence-electron chi connectivity index (χ0n) is 30.1. The highest BCUT2D eigenvalue weighted by molar-refractivity contribution is 6.31. The lowest BCUT2D eigenvalue weighted by molar-refractivity contribution is 0.0742. The molecule has 8 heteroatoms. The topological polar surface area (TPSA) is 66.4 Å². The third-order valence-corrected chi connectivity index (χ3v) is 12.1. The van der Waals surface area contributed by atoms with Gasteiger partial charge in [-0.15, -0.1) is 0 Å². The third kappa shape index (κ3) is 6.56. The normalized spacial score (nSPS) is 16.9. The molecule has 0 N–H and O–H groups in total. The number of carbonyl (C=O) groups is 2. The molecule has 2 amide bonds. The monoisotopic (exact) mass is 750 g/mol. The number of benzene rings is 3. The molecule has 3 aromatic carbocycles. The van der Waals surface area contributed by atoms with Crippen LogP contribution in [-0.4, -0.2) is 57.8 Å². The van der Waals surface area contributed by atoms with Crippen LogP contribution in [-0.2, 0) is 25.7 Å². The van der Waals surface area contributed by atoms with Crippen molar-refractivity contribution in [3.05, 3.63) is 174 Å². The van der Waals surface area contributed by atoms with Gasteiger partial charge in [-0.3, -0.25) is 19.6 Å². The van der Waals surface area contributed by atoms with E-state index in [4.69, 9.17) is 33.2 Å². The lowest BCUT2D eigenvalue weighted by Gasteiger charge is -2.31. The van der Waals surface area contributed by atoms with Gasteiger partial charge < -0.3 is 9.80 Å². The van der Waals surface area contributed by atoms with Crippen LogP contribution in [0.1, 0.15) is 91.2 Å². The lowest BCUT2D eigenvalue weighted by atomic mass is 9.88. The average Bonchev–Trinajstić information content (AvgIpc) is 3.48. The summed E-state index contributed by atoms with van der Waals surface area (Å²) >= 11 is 12.9. The number of hydrogen-bond donors (Lipinski definition) is 0. The number of aromatic nitrogens is 2. The third-order valence-electron chi connectivity index (χ3n) is 11.6. The van der Waals surface area contributed by atoms with Gasteiger partial charge in [0.2, 0.25) is 0 Å². The van der Waals surface area contributed by atoms with Crippen LogP contribution in [0.5, 0.6) is 0 Å². The van der Waals surface area contributed by atoms with Crippen LogP contribution in [0.4, 0.5) is 0 Å². The summed E-state index contributed by atoms with van der Waals surface area (Å²) in [5.41, 5.74) is 15.6. The molecule has 2 aliphatic carbocycles. The first-order chi connectivity index (χ1) is 26.4. The molecule has 0 radical (unpaired) electrons. The van der Waals surface area contributed by atoms with Gasteiger partial charge in [-0.1, -0.05) is 64.7 Å². The number of hydrogen-bond acceptors (Lipinski definition) is 4. The van der Waals surface area contributed by atoms with Crippen molar-refractivity contribution in [3.63, 3.8) is 0 Å². The van der Waals surface area contributed by atoms with E-state index in [1.54, 1.807) is 6.07 Å². The molecule has 0 unspecified atom stereocenters. The van der Waals surface area contributed by atoms with Crippen LogP contribution < -0.4 is 0 Å². The summed E-state index contributed by atoms with van der Waals surface area (Å²) in [6.07, 6.45) is 10.5. The molecule has 6 nitrogen and oxygen atoms in total. The van der Waals surface area contributed by atoms with E-state index in [1.807, 2.05) is 64.7 Å². The van der Waals surface area contributed by atoms with E-state index in [2.05, 4.69) is 36.4 Å². The van der Waals surface area contributed by atoms with Crippen molar-refractivity contribution in [1.82, 2.24) is 19.8 Å². The van der Waals surface area contributed by atoms with E-state index in [-0.39, 0.29) is 11.8 Å². The van der Waals surface area contributed by atoms with Gasteiger partial charge in [0.25, 0.3) is 11.8 Å². The van der Waals surface area contributed by atoms with Crippen molar-refractivity contribution in [2.45, 2.75) is 51.4 Å². The van der Waals surface area contributed by atoms with E-state index in [0.29, 0.717) is 37.3 Å². The van der Waals surface area contributed by atoms with Crippen molar-refractivity contribution < 1.29 is 9.59 Å². The van der Waals surface area contributed by atoms with E-state index < -0.39 is 0 Å². The first-order valence-corrected chi connectivity index (χ1v) is 19.8. The number of likely N-dealkylation sites (tertiary alicyclic amines) is 2. The van der Waals surface area contributed by atoms with Gasteiger partial charge in [-0.25, -0.2) is 0 Å². The number of carbonyl (C=O) groups excluding carboxylic acids is 2. The number of aryl methyl sites for hydroxylation is 4. The fraction of sp³-hybridized carbons (Fsp3) is 0.261. The van der Waals surface area contributed by atoms with Gasteiger partial charge in [0.05, 0.1) is 11.4 Å². The zero-order valence-corrected chi connectivity index (χ0v) is 31.6. The molecule has 2 fully saturated rings. The number of nitrogens with zero attached hydrogens (tertiary/aromatic N) is 4. The highest BCUT2D eigenvalue weighted by Crippen LogP contribution is 2.40. The summed E-state index contributed by atoms with van der Waals surface area (Å²) in [7, 11) is 0.